The van der Waals surface area contributed by atoms with Gasteiger partial charge in [-0.05, 0) is 63.6 Å². The summed E-state index contributed by atoms with van der Waals surface area (Å²) in [6.07, 6.45) is 0. The highest BCUT2D eigenvalue weighted by atomic mass is 35.5. The van der Waals surface area contributed by atoms with Gasteiger partial charge in [0.1, 0.15) is 17.3 Å². The van der Waals surface area contributed by atoms with Crippen LogP contribution in [-0.2, 0) is 10.0 Å². The molecular weight excluding hydrogens is 400 g/mol. The normalized spacial score (nSPS) is 11.9. The van der Waals surface area contributed by atoms with Crippen LogP contribution in [-0.4, -0.2) is 33.0 Å². The van der Waals surface area contributed by atoms with Crippen LogP contribution in [0.2, 0.25) is 5.02 Å². The summed E-state index contributed by atoms with van der Waals surface area (Å²) in [7, 11) is -3.86. The van der Waals surface area contributed by atoms with Crippen LogP contribution in [0.1, 0.15) is 36.7 Å². The number of benzene rings is 2. The third-order valence-electron chi connectivity index (χ3n) is 3.57. The van der Waals surface area contributed by atoms with Crippen LogP contribution in [0.15, 0.2) is 47.4 Å². The Labute approximate surface area is 171 Å². The van der Waals surface area contributed by atoms with E-state index >= 15 is 0 Å². The summed E-state index contributed by atoms with van der Waals surface area (Å²) in [6, 6.07) is 11.8. The number of amides is 1. The lowest BCUT2D eigenvalue weighted by Crippen LogP contribution is -2.40. The maximum absolute atomic E-state index is 12.5. The monoisotopic (exact) mass is 424 g/mol. The molecule has 0 radical (unpaired) electrons. The summed E-state index contributed by atoms with van der Waals surface area (Å²) >= 11 is 6.05. The van der Waals surface area contributed by atoms with Gasteiger partial charge in [-0.3, -0.25) is 4.79 Å². The molecule has 8 heteroatoms. The van der Waals surface area contributed by atoms with E-state index in [0.29, 0.717) is 6.61 Å². The molecule has 2 aromatic rings. The molecular formula is C20H25ClN2O4S. The molecule has 0 heterocycles. The molecule has 0 aliphatic rings. The smallest absolute Gasteiger partial charge is 0.251 e. The number of hydrogen-bond acceptors (Lipinski definition) is 4. The Balaban J connectivity index is 2.02. The molecule has 6 nitrogen and oxygen atoms in total. The van der Waals surface area contributed by atoms with E-state index in [1.807, 2.05) is 31.2 Å². The summed E-state index contributed by atoms with van der Waals surface area (Å²) in [5, 5.41) is 2.76. The van der Waals surface area contributed by atoms with Crippen molar-refractivity contribution in [2.45, 2.75) is 38.1 Å². The minimum absolute atomic E-state index is 0.0519. The molecule has 0 bridgehead atoms. The van der Waals surface area contributed by atoms with Crippen LogP contribution in [0.3, 0.4) is 0 Å². The quantitative estimate of drug-likeness (QED) is 0.666. The van der Waals surface area contributed by atoms with E-state index in [0.717, 1.165) is 11.3 Å². The Morgan fingerprint density at radius 2 is 1.86 bits per heavy atom. The van der Waals surface area contributed by atoms with Gasteiger partial charge in [0, 0.05) is 11.1 Å². The Morgan fingerprint density at radius 3 is 2.50 bits per heavy atom. The predicted octanol–water partition coefficient (Wildman–Crippen LogP) is 3.53. The Morgan fingerprint density at radius 1 is 1.14 bits per heavy atom. The van der Waals surface area contributed by atoms with Crippen LogP contribution in [0.5, 0.6) is 5.75 Å². The van der Waals surface area contributed by atoms with Crippen molar-refractivity contribution in [2.24, 2.45) is 0 Å². The molecule has 0 aromatic heterocycles. The van der Waals surface area contributed by atoms with Crippen molar-refractivity contribution in [3.63, 3.8) is 0 Å². The first-order valence-corrected chi connectivity index (χ1v) is 10.7. The van der Waals surface area contributed by atoms with Crippen molar-refractivity contribution in [1.82, 2.24) is 10.0 Å². The second kappa shape index (κ2) is 8.94. The molecule has 0 unspecified atom stereocenters. The van der Waals surface area contributed by atoms with E-state index in [1.54, 1.807) is 20.8 Å². The second-order valence-corrected chi connectivity index (χ2v) is 9.48. The first-order chi connectivity index (χ1) is 13.0. The summed E-state index contributed by atoms with van der Waals surface area (Å²) in [5.41, 5.74) is 0.614. The van der Waals surface area contributed by atoms with Gasteiger partial charge in [-0.2, -0.15) is 0 Å². The lowest BCUT2D eigenvalue weighted by molar-refractivity contribution is 0.0947. The molecule has 2 rings (SSSR count). The van der Waals surface area contributed by atoms with Crippen molar-refractivity contribution >= 4 is 27.5 Å². The summed E-state index contributed by atoms with van der Waals surface area (Å²) in [5.74, 6) is 0.319. The molecule has 0 saturated carbocycles. The van der Waals surface area contributed by atoms with Gasteiger partial charge in [0.25, 0.3) is 5.91 Å². The number of sulfonamides is 1. The molecule has 0 aliphatic carbocycles. The lowest BCUT2D eigenvalue weighted by atomic mass is 10.1. The number of rotatable bonds is 7. The van der Waals surface area contributed by atoms with Gasteiger partial charge >= 0.3 is 0 Å². The number of carbonyl (C=O) groups is 1. The van der Waals surface area contributed by atoms with Crippen molar-refractivity contribution in [3.8, 4) is 5.75 Å². The van der Waals surface area contributed by atoms with Crippen molar-refractivity contribution in [1.29, 1.82) is 0 Å². The Hall–Kier alpha value is -2.09. The van der Waals surface area contributed by atoms with Crippen molar-refractivity contribution in [2.75, 3.05) is 13.2 Å². The van der Waals surface area contributed by atoms with E-state index in [2.05, 4.69) is 10.0 Å². The summed E-state index contributed by atoms with van der Waals surface area (Å²) < 4.78 is 33.2. The zero-order valence-electron chi connectivity index (χ0n) is 16.4. The fourth-order valence-corrected chi connectivity index (χ4v) is 4.39. The molecule has 2 N–H and O–H groups in total. The molecule has 0 fully saturated rings. The zero-order valence-corrected chi connectivity index (χ0v) is 17.9. The zero-order chi connectivity index (χ0) is 20.9. The van der Waals surface area contributed by atoms with E-state index in [4.69, 9.17) is 16.3 Å². The van der Waals surface area contributed by atoms with Gasteiger partial charge in [-0.1, -0.05) is 23.7 Å². The Kier molecular flexibility index (Phi) is 7.09. The number of carbonyl (C=O) groups excluding carboxylic acids is 1. The number of nitrogens with one attached hydrogen (secondary N) is 2. The van der Waals surface area contributed by atoms with Crippen LogP contribution in [0, 0.1) is 6.92 Å². The first-order valence-electron chi connectivity index (χ1n) is 8.79. The third kappa shape index (κ3) is 6.51. The fraction of sp³-hybridized carbons (Fsp3) is 0.350. The topological polar surface area (TPSA) is 84.5 Å². The highest BCUT2D eigenvalue weighted by Crippen LogP contribution is 2.24. The molecule has 0 aliphatic heterocycles. The second-order valence-electron chi connectivity index (χ2n) is 7.42. The number of aryl methyl sites for hydroxylation is 1. The van der Waals surface area contributed by atoms with E-state index in [1.165, 1.54) is 18.2 Å². The molecule has 0 atom stereocenters. The molecule has 0 spiro atoms. The van der Waals surface area contributed by atoms with Crippen molar-refractivity contribution in [3.05, 3.63) is 58.6 Å². The van der Waals surface area contributed by atoms with Gasteiger partial charge in [0.05, 0.1) is 11.6 Å². The third-order valence-corrected chi connectivity index (χ3v) is 5.81. The SMILES string of the molecule is Cc1cccc(OCCNC(=O)c2ccc(Cl)c(S(=O)(=O)NC(C)(C)C)c2)c1. The molecule has 152 valence electrons. The minimum Gasteiger partial charge on any atom is -0.492 e. The number of ether oxygens (including phenoxy) is 1. The minimum atomic E-state index is -3.86. The molecule has 2 aromatic carbocycles. The largest absolute Gasteiger partial charge is 0.492 e. The van der Waals surface area contributed by atoms with Gasteiger partial charge in [0.2, 0.25) is 10.0 Å². The summed E-state index contributed by atoms with van der Waals surface area (Å²) in [6.45, 7) is 7.71. The van der Waals surface area contributed by atoms with Crippen molar-refractivity contribution < 1.29 is 17.9 Å². The van der Waals surface area contributed by atoms with E-state index in [-0.39, 0.29) is 22.0 Å². The standard InChI is InChI=1S/C20H25ClN2O4S/c1-14-6-5-7-16(12-14)27-11-10-22-19(24)15-8-9-17(21)18(13-15)28(25,26)23-20(2,3)4/h5-9,12-13,23H,10-11H2,1-4H3,(H,22,24). The van der Waals surface area contributed by atoms with Crippen LogP contribution in [0.25, 0.3) is 0 Å². The van der Waals surface area contributed by atoms with Gasteiger partial charge in [-0.25, -0.2) is 13.1 Å². The lowest BCUT2D eigenvalue weighted by Gasteiger charge is -2.21. The molecule has 28 heavy (non-hydrogen) atoms. The Bertz CT molecular complexity index is 953. The number of hydrogen-bond donors (Lipinski definition) is 2. The van der Waals surface area contributed by atoms with Crippen LogP contribution >= 0.6 is 11.6 Å². The maximum atomic E-state index is 12.5. The molecule has 0 saturated heterocycles. The van der Waals surface area contributed by atoms with Crippen LogP contribution in [0.4, 0.5) is 0 Å². The van der Waals surface area contributed by atoms with Crippen LogP contribution < -0.4 is 14.8 Å². The predicted molar refractivity (Wildman–Crippen MR) is 111 cm³/mol. The average Bonchev–Trinajstić information content (AvgIpc) is 2.56. The highest BCUT2D eigenvalue weighted by molar-refractivity contribution is 7.89. The first kappa shape index (κ1) is 22.2. The average molecular weight is 425 g/mol. The van der Waals surface area contributed by atoms with Gasteiger partial charge in [-0.15, -0.1) is 0 Å². The van der Waals surface area contributed by atoms with Gasteiger partial charge in [0.15, 0.2) is 0 Å². The van der Waals surface area contributed by atoms with E-state index in [9.17, 15) is 13.2 Å². The van der Waals surface area contributed by atoms with E-state index < -0.39 is 21.5 Å². The summed E-state index contributed by atoms with van der Waals surface area (Å²) in [4.78, 5) is 12.2. The number of halogens is 1. The fourth-order valence-electron chi connectivity index (χ4n) is 2.45. The van der Waals surface area contributed by atoms with Gasteiger partial charge < -0.3 is 10.1 Å². The molecule has 1 amide bonds. The maximum Gasteiger partial charge on any atom is 0.251 e. The highest BCUT2D eigenvalue weighted by Gasteiger charge is 2.25.